The van der Waals surface area contributed by atoms with Crippen molar-refractivity contribution in [2.45, 2.75) is 22.0 Å². The van der Waals surface area contributed by atoms with Crippen LogP contribution >= 0.6 is 95.8 Å². The van der Waals surface area contributed by atoms with Crippen LogP contribution in [0.5, 0.6) is 0 Å². The second-order valence-corrected chi connectivity index (χ2v) is 14.1. The summed E-state index contributed by atoms with van der Waals surface area (Å²) >= 11 is 21.3. The van der Waals surface area contributed by atoms with E-state index in [0.29, 0.717) is 8.66 Å². The SMILES string of the molecule is CC1(C(SCCSCS)SCCSCCS)SCCCS1. The third-order valence-corrected chi connectivity index (χ3v) is 13.2. The highest BCUT2D eigenvalue weighted by Crippen LogP contribution is 2.52. The third-order valence-electron chi connectivity index (χ3n) is 2.81. The van der Waals surface area contributed by atoms with E-state index in [2.05, 4.69) is 79.2 Å². The number of thioether (sulfide) groups is 6. The van der Waals surface area contributed by atoms with Gasteiger partial charge in [-0.3, -0.25) is 0 Å². The molecule has 0 aromatic heterocycles. The van der Waals surface area contributed by atoms with Gasteiger partial charge in [-0.25, -0.2) is 0 Å². The zero-order valence-corrected chi connectivity index (χ0v) is 19.2. The molecule has 0 bridgehead atoms. The van der Waals surface area contributed by atoms with Gasteiger partial charge in [-0.1, -0.05) is 0 Å². The van der Waals surface area contributed by atoms with Crippen LogP contribution < -0.4 is 0 Å². The van der Waals surface area contributed by atoms with E-state index in [9.17, 15) is 0 Å². The molecule has 126 valence electrons. The van der Waals surface area contributed by atoms with Gasteiger partial charge in [-0.15, -0.1) is 47.0 Å². The molecule has 0 nitrogen and oxygen atoms in total. The number of hydrogen-bond acceptors (Lipinski definition) is 8. The van der Waals surface area contributed by atoms with Gasteiger partial charge in [0.1, 0.15) is 0 Å². The number of hydrogen-bond donors (Lipinski definition) is 2. The molecule has 0 amide bonds. The first-order valence-electron chi connectivity index (χ1n) is 7.11. The Balaban J connectivity index is 2.36. The van der Waals surface area contributed by atoms with Crippen LogP contribution in [-0.4, -0.2) is 59.8 Å². The molecule has 0 spiro atoms. The monoisotopic (exact) mass is 438 g/mol. The summed E-state index contributed by atoms with van der Waals surface area (Å²) in [6, 6.07) is 0. The molecule has 0 N–H and O–H groups in total. The van der Waals surface area contributed by atoms with E-state index in [-0.39, 0.29) is 0 Å². The molecule has 0 radical (unpaired) electrons. The summed E-state index contributed by atoms with van der Waals surface area (Å²) in [7, 11) is 0. The van der Waals surface area contributed by atoms with Crippen molar-refractivity contribution in [3.63, 3.8) is 0 Å². The minimum atomic E-state index is 0.396. The molecular formula is C13H26S8. The molecule has 0 aromatic carbocycles. The highest BCUT2D eigenvalue weighted by atomic mass is 32.2. The van der Waals surface area contributed by atoms with Crippen LogP contribution in [0.1, 0.15) is 13.3 Å². The van der Waals surface area contributed by atoms with Crippen LogP contribution in [0.15, 0.2) is 0 Å². The summed E-state index contributed by atoms with van der Waals surface area (Å²) in [5.41, 5.74) is 0. The second kappa shape index (κ2) is 14.0. The molecule has 1 rings (SSSR count). The van der Waals surface area contributed by atoms with Gasteiger partial charge in [0.05, 0.1) is 8.66 Å². The summed E-state index contributed by atoms with van der Waals surface area (Å²) < 4.78 is 1.11. The maximum absolute atomic E-state index is 4.28. The predicted octanol–water partition coefficient (Wildman–Crippen LogP) is 5.65. The van der Waals surface area contributed by atoms with Crippen molar-refractivity contribution in [3.8, 4) is 0 Å². The fraction of sp³-hybridized carbons (Fsp3) is 1.00. The maximum Gasteiger partial charge on any atom is 0.0792 e. The average Bonchev–Trinajstić information content (AvgIpc) is 2.49. The Morgan fingerprint density at radius 3 is 2.14 bits per heavy atom. The van der Waals surface area contributed by atoms with Gasteiger partial charge in [0.2, 0.25) is 0 Å². The first-order valence-corrected chi connectivity index (χ1v) is 14.8. The molecule has 1 saturated heterocycles. The van der Waals surface area contributed by atoms with Gasteiger partial charge in [0, 0.05) is 33.8 Å². The van der Waals surface area contributed by atoms with E-state index in [1.165, 1.54) is 46.7 Å². The smallest absolute Gasteiger partial charge is 0.0792 e. The quantitative estimate of drug-likeness (QED) is 0.228. The molecule has 1 unspecified atom stereocenters. The van der Waals surface area contributed by atoms with Crippen molar-refractivity contribution >= 4 is 95.8 Å². The van der Waals surface area contributed by atoms with E-state index < -0.39 is 0 Å². The van der Waals surface area contributed by atoms with Crippen LogP contribution in [0.2, 0.25) is 0 Å². The van der Waals surface area contributed by atoms with Crippen molar-refractivity contribution < 1.29 is 0 Å². The van der Waals surface area contributed by atoms with Crippen LogP contribution in [0.25, 0.3) is 0 Å². The van der Waals surface area contributed by atoms with Crippen molar-refractivity contribution in [2.75, 3.05) is 51.1 Å². The van der Waals surface area contributed by atoms with Crippen LogP contribution in [0.3, 0.4) is 0 Å². The van der Waals surface area contributed by atoms with Gasteiger partial charge in [-0.05, 0) is 30.6 Å². The Bertz CT molecular complexity index is 244. The number of thiol groups is 2. The van der Waals surface area contributed by atoms with E-state index in [1.54, 1.807) is 0 Å². The molecular weight excluding hydrogens is 413 g/mol. The Hall–Kier alpha value is 2.80. The summed E-state index contributed by atoms with van der Waals surface area (Å²) in [6.45, 7) is 2.47. The lowest BCUT2D eigenvalue weighted by Crippen LogP contribution is -2.32. The molecule has 1 aliphatic rings. The topological polar surface area (TPSA) is 0 Å². The van der Waals surface area contributed by atoms with Gasteiger partial charge in [-0.2, -0.15) is 48.8 Å². The molecule has 1 fully saturated rings. The molecule has 1 atom stereocenters. The molecule has 1 heterocycles. The van der Waals surface area contributed by atoms with E-state index >= 15 is 0 Å². The zero-order valence-electron chi connectivity index (χ0n) is 12.5. The predicted molar refractivity (Wildman–Crippen MR) is 124 cm³/mol. The highest BCUT2D eigenvalue weighted by molar-refractivity contribution is 8.24. The fourth-order valence-corrected chi connectivity index (χ4v) is 11.1. The van der Waals surface area contributed by atoms with Gasteiger partial charge in [0.25, 0.3) is 0 Å². The normalized spacial score (nSPS) is 19.6. The Kier molecular flexibility index (Phi) is 14.6. The van der Waals surface area contributed by atoms with Crippen LogP contribution in [-0.2, 0) is 0 Å². The molecule has 1 aliphatic heterocycles. The van der Waals surface area contributed by atoms with E-state index in [4.69, 9.17) is 0 Å². The molecule has 0 aliphatic carbocycles. The molecule has 0 aromatic rings. The summed E-state index contributed by atoms with van der Waals surface area (Å²) in [5.74, 6) is 9.86. The summed E-state index contributed by atoms with van der Waals surface area (Å²) in [4.78, 5) is 0. The molecule has 0 saturated carbocycles. The minimum Gasteiger partial charge on any atom is -0.179 e. The lowest BCUT2D eigenvalue weighted by molar-refractivity contribution is 0.957. The third kappa shape index (κ3) is 9.75. The Labute approximate surface area is 167 Å². The van der Waals surface area contributed by atoms with E-state index in [1.807, 2.05) is 23.5 Å². The Morgan fingerprint density at radius 1 is 0.952 bits per heavy atom. The summed E-state index contributed by atoms with van der Waals surface area (Å²) in [5, 5.41) is 0.944. The Morgan fingerprint density at radius 2 is 1.57 bits per heavy atom. The summed E-state index contributed by atoms with van der Waals surface area (Å²) in [6.07, 6.45) is 1.38. The first kappa shape index (κ1) is 21.8. The lowest BCUT2D eigenvalue weighted by atomic mass is 10.5. The lowest BCUT2D eigenvalue weighted by Gasteiger charge is -2.38. The van der Waals surface area contributed by atoms with Gasteiger partial charge < -0.3 is 0 Å². The van der Waals surface area contributed by atoms with Crippen molar-refractivity contribution in [1.82, 2.24) is 0 Å². The average molecular weight is 439 g/mol. The first-order chi connectivity index (χ1) is 10.2. The van der Waals surface area contributed by atoms with Crippen molar-refractivity contribution in [1.29, 1.82) is 0 Å². The largest absolute Gasteiger partial charge is 0.179 e. The van der Waals surface area contributed by atoms with Crippen molar-refractivity contribution in [3.05, 3.63) is 0 Å². The standard InChI is InChI=1S/C13H26S8/c1-13(20-4-2-5-21-13)12(19-10-8-17-11-15)18-9-7-16-6-3-14/h12,14-15H,2-11H2,1H3. The van der Waals surface area contributed by atoms with Crippen LogP contribution in [0.4, 0.5) is 0 Å². The minimum absolute atomic E-state index is 0.396. The van der Waals surface area contributed by atoms with E-state index in [0.717, 1.165) is 10.8 Å². The van der Waals surface area contributed by atoms with Crippen molar-refractivity contribution in [2.24, 2.45) is 0 Å². The maximum atomic E-state index is 4.28. The zero-order chi connectivity index (χ0) is 15.4. The molecule has 8 heteroatoms. The van der Waals surface area contributed by atoms with Crippen LogP contribution in [0, 0.1) is 0 Å². The van der Waals surface area contributed by atoms with Gasteiger partial charge in [0.15, 0.2) is 0 Å². The number of rotatable bonds is 12. The molecule has 21 heavy (non-hydrogen) atoms. The second-order valence-electron chi connectivity index (χ2n) is 4.51. The van der Waals surface area contributed by atoms with Gasteiger partial charge >= 0.3 is 0 Å². The fourth-order valence-electron chi connectivity index (χ4n) is 1.80. The highest BCUT2D eigenvalue weighted by Gasteiger charge is 2.37.